The number of piperazine rings is 1. The lowest BCUT2D eigenvalue weighted by molar-refractivity contribution is 0.154. The van der Waals surface area contributed by atoms with E-state index >= 15 is 0 Å². The summed E-state index contributed by atoms with van der Waals surface area (Å²) in [5, 5.41) is 6.16. The molecular formula is C26H28N4O2. The molecule has 0 amide bonds. The number of pyridine rings is 1. The maximum Gasteiger partial charge on any atom is 0.193 e. The predicted octanol–water partition coefficient (Wildman–Crippen LogP) is 4.06. The fourth-order valence-corrected chi connectivity index (χ4v) is 4.22. The Hall–Kier alpha value is -3.22. The third-order valence-electron chi connectivity index (χ3n) is 6.19. The minimum atomic E-state index is -0.0581. The van der Waals surface area contributed by atoms with Crippen LogP contribution in [-0.2, 0) is 0 Å². The largest absolute Gasteiger partial charge is 0.454 e. The number of aromatic nitrogens is 1. The van der Waals surface area contributed by atoms with E-state index in [2.05, 4.69) is 27.1 Å². The summed E-state index contributed by atoms with van der Waals surface area (Å²) in [7, 11) is 2.18. The first-order valence-corrected chi connectivity index (χ1v) is 11.2. The van der Waals surface area contributed by atoms with Crippen LogP contribution in [0.3, 0.4) is 0 Å². The van der Waals surface area contributed by atoms with E-state index in [4.69, 9.17) is 4.42 Å². The van der Waals surface area contributed by atoms with Crippen LogP contribution in [-0.4, -0.2) is 61.1 Å². The summed E-state index contributed by atoms with van der Waals surface area (Å²) >= 11 is 0. The fourth-order valence-electron chi connectivity index (χ4n) is 4.22. The molecule has 6 nitrogen and oxygen atoms in total. The molecule has 164 valence electrons. The van der Waals surface area contributed by atoms with Gasteiger partial charge in [0, 0.05) is 56.1 Å². The lowest BCUT2D eigenvalue weighted by Gasteiger charge is -2.32. The monoisotopic (exact) mass is 428 g/mol. The molecule has 0 radical (unpaired) electrons. The van der Waals surface area contributed by atoms with E-state index in [1.807, 2.05) is 54.7 Å². The lowest BCUT2D eigenvalue weighted by atomic mass is 10.1. The van der Waals surface area contributed by atoms with E-state index < -0.39 is 0 Å². The van der Waals surface area contributed by atoms with E-state index in [1.165, 1.54) is 6.07 Å². The third kappa shape index (κ3) is 4.52. The molecule has 6 heteroatoms. The molecule has 0 atom stereocenters. The van der Waals surface area contributed by atoms with Gasteiger partial charge in [-0.15, -0.1) is 0 Å². The normalized spacial score (nSPS) is 15.4. The Labute approximate surface area is 187 Å². The van der Waals surface area contributed by atoms with Gasteiger partial charge in [-0.05, 0) is 49.7 Å². The van der Waals surface area contributed by atoms with Crippen molar-refractivity contribution in [1.29, 1.82) is 0 Å². The van der Waals surface area contributed by atoms with Gasteiger partial charge in [0.2, 0.25) is 0 Å². The average molecular weight is 429 g/mol. The molecule has 1 N–H and O–H groups in total. The fraction of sp³-hybridized carbons (Fsp3) is 0.308. The number of fused-ring (bicyclic) bond motifs is 2. The summed E-state index contributed by atoms with van der Waals surface area (Å²) in [4.78, 5) is 22.2. The van der Waals surface area contributed by atoms with Crippen molar-refractivity contribution in [2.75, 3.05) is 51.6 Å². The quantitative estimate of drug-likeness (QED) is 0.468. The van der Waals surface area contributed by atoms with Crippen LogP contribution in [0.15, 0.2) is 70.0 Å². The van der Waals surface area contributed by atoms with Gasteiger partial charge in [-0.2, -0.15) is 0 Å². The minimum Gasteiger partial charge on any atom is -0.454 e. The summed E-state index contributed by atoms with van der Waals surface area (Å²) in [5.41, 5.74) is 2.12. The molecule has 2 aromatic carbocycles. The summed E-state index contributed by atoms with van der Waals surface area (Å²) in [6.45, 7) is 6.54. The topological polar surface area (TPSA) is 61.6 Å². The van der Waals surface area contributed by atoms with E-state index in [0.29, 0.717) is 22.4 Å². The molecule has 0 spiro atoms. The van der Waals surface area contributed by atoms with Crippen LogP contribution in [0.1, 0.15) is 6.42 Å². The van der Waals surface area contributed by atoms with Crippen LogP contribution in [0, 0.1) is 0 Å². The van der Waals surface area contributed by atoms with E-state index in [0.717, 1.165) is 62.1 Å². The van der Waals surface area contributed by atoms with Crippen molar-refractivity contribution in [3.8, 4) is 11.5 Å². The second-order valence-corrected chi connectivity index (χ2v) is 8.53. The molecular weight excluding hydrogens is 400 g/mol. The first-order valence-electron chi connectivity index (χ1n) is 11.2. The highest BCUT2D eigenvalue weighted by Gasteiger charge is 2.13. The van der Waals surface area contributed by atoms with Crippen molar-refractivity contribution < 1.29 is 4.42 Å². The molecule has 1 saturated heterocycles. The van der Waals surface area contributed by atoms with E-state index in [-0.39, 0.29) is 5.43 Å². The zero-order chi connectivity index (χ0) is 21.9. The molecule has 1 aliphatic heterocycles. The summed E-state index contributed by atoms with van der Waals surface area (Å²) < 4.78 is 6.05. The molecule has 3 heterocycles. The van der Waals surface area contributed by atoms with Crippen LogP contribution in [0.5, 0.6) is 0 Å². The molecule has 2 aromatic heterocycles. The molecule has 1 aliphatic rings. The van der Waals surface area contributed by atoms with Gasteiger partial charge in [-0.3, -0.25) is 9.78 Å². The molecule has 5 rings (SSSR count). The zero-order valence-corrected chi connectivity index (χ0v) is 18.4. The van der Waals surface area contributed by atoms with Gasteiger partial charge < -0.3 is 19.5 Å². The van der Waals surface area contributed by atoms with Crippen LogP contribution < -0.4 is 10.7 Å². The number of benzene rings is 2. The second kappa shape index (κ2) is 9.10. The predicted molar refractivity (Wildman–Crippen MR) is 130 cm³/mol. The van der Waals surface area contributed by atoms with Gasteiger partial charge in [0.15, 0.2) is 11.2 Å². The van der Waals surface area contributed by atoms with E-state index in [1.54, 1.807) is 0 Å². The second-order valence-electron chi connectivity index (χ2n) is 8.53. The number of hydrogen-bond acceptors (Lipinski definition) is 6. The highest BCUT2D eigenvalue weighted by Crippen LogP contribution is 2.25. The molecule has 1 fully saturated rings. The van der Waals surface area contributed by atoms with Crippen LogP contribution in [0.25, 0.3) is 33.2 Å². The maximum absolute atomic E-state index is 12.8. The molecule has 0 aliphatic carbocycles. The van der Waals surface area contributed by atoms with Crippen molar-refractivity contribution in [2.45, 2.75) is 6.42 Å². The standard InChI is InChI=1S/C26H28N4O2/c1-29-11-13-30(14-12-29)10-4-9-27-21-7-8-25-22(16-21)24(31)17-26(32-25)23-15-19-5-2-3-6-20(19)18-28-23/h2-3,5-8,15-18,27H,4,9-14H2,1H3. The molecule has 0 bridgehead atoms. The maximum atomic E-state index is 12.8. The number of nitrogens with one attached hydrogen (secondary N) is 1. The molecule has 0 unspecified atom stereocenters. The first kappa shape index (κ1) is 20.7. The van der Waals surface area contributed by atoms with Gasteiger partial charge in [0.05, 0.1) is 5.39 Å². The van der Waals surface area contributed by atoms with Crippen molar-refractivity contribution >= 4 is 27.4 Å². The number of nitrogens with zero attached hydrogens (tertiary/aromatic N) is 3. The van der Waals surface area contributed by atoms with Gasteiger partial charge in [0.1, 0.15) is 11.3 Å². The Morgan fingerprint density at radius 2 is 1.81 bits per heavy atom. The number of anilines is 1. The number of likely N-dealkylation sites (N-methyl/N-ethyl adjacent to an activating group) is 1. The van der Waals surface area contributed by atoms with Gasteiger partial charge in [-0.1, -0.05) is 24.3 Å². The van der Waals surface area contributed by atoms with E-state index in [9.17, 15) is 4.79 Å². The third-order valence-corrected chi connectivity index (χ3v) is 6.19. The molecule has 0 saturated carbocycles. The molecule has 32 heavy (non-hydrogen) atoms. The van der Waals surface area contributed by atoms with Crippen LogP contribution in [0.4, 0.5) is 5.69 Å². The van der Waals surface area contributed by atoms with Crippen LogP contribution >= 0.6 is 0 Å². The van der Waals surface area contributed by atoms with Gasteiger partial charge in [-0.25, -0.2) is 0 Å². The Morgan fingerprint density at radius 3 is 2.66 bits per heavy atom. The molecule has 4 aromatic rings. The average Bonchev–Trinajstić information content (AvgIpc) is 2.83. The zero-order valence-electron chi connectivity index (χ0n) is 18.4. The summed E-state index contributed by atoms with van der Waals surface area (Å²) in [6, 6.07) is 17.2. The summed E-state index contributed by atoms with van der Waals surface area (Å²) in [6.07, 6.45) is 2.88. The number of rotatable bonds is 6. The van der Waals surface area contributed by atoms with Gasteiger partial charge >= 0.3 is 0 Å². The highest BCUT2D eigenvalue weighted by atomic mass is 16.3. The smallest absolute Gasteiger partial charge is 0.193 e. The van der Waals surface area contributed by atoms with Crippen molar-refractivity contribution in [1.82, 2.24) is 14.8 Å². The Bertz CT molecular complexity index is 1290. The first-order chi connectivity index (χ1) is 15.7. The van der Waals surface area contributed by atoms with Crippen molar-refractivity contribution in [2.24, 2.45) is 0 Å². The number of hydrogen-bond donors (Lipinski definition) is 1. The van der Waals surface area contributed by atoms with Crippen molar-refractivity contribution in [3.63, 3.8) is 0 Å². The lowest BCUT2D eigenvalue weighted by Crippen LogP contribution is -2.44. The Morgan fingerprint density at radius 1 is 1.00 bits per heavy atom. The van der Waals surface area contributed by atoms with Crippen molar-refractivity contribution in [3.05, 3.63) is 71.0 Å². The SMILES string of the molecule is CN1CCN(CCCNc2ccc3oc(-c4cc5ccccc5cn4)cc(=O)c3c2)CC1. The van der Waals surface area contributed by atoms with Gasteiger partial charge in [0.25, 0.3) is 0 Å². The minimum absolute atomic E-state index is 0.0581. The Balaban J connectivity index is 1.28. The summed E-state index contributed by atoms with van der Waals surface area (Å²) in [5.74, 6) is 0.487. The van der Waals surface area contributed by atoms with Crippen LogP contribution in [0.2, 0.25) is 0 Å². The Kier molecular flexibility index (Phi) is 5.88. The highest BCUT2D eigenvalue weighted by molar-refractivity contribution is 5.86.